The van der Waals surface area contributed by atoms with Gasteiger partial charge in [-0.05, 0) is 25.4 Å². The van der Waals surface area contributed by atoms with Crippen LogP contribution in [0.5, 0.6) is 0 Å². The number of carbonyl (C=O) groups excluding carboxylic acids is 1. The molecule has 1 fully saturated rings. The molecule has 1 aliphatic rings. The van der Waals surface area contributed by atoms with Crippen LogP contribution in [0, 0.1) is 0 Å². The van der Waals surface area contributed by atoms with Crippen molar-refractivity contribution in [2.24, 2.45) is 0 Å². The van der Waals surface area contributed by atoms with Crippen LogP contribution in [0.15, 0.2) is 11.4 Å². The zero-order valence-corrected chi connectivity index (χ0v) is 11.5. The minimum absolute atomic E-state index is 0.00432. The molecule has 2 N–H and O–H groups in total. The first kappa shape index (κ1) is 13.4. The third-order valence-electron chi connectivity index (χ3n) is 2.94. The number of nitrogens with one attached hydrogen (secondary N) is 1. The lowest BCUT2D eigenvalue weighted by Crippen LogP contribution is -2.41. The Hall–Kier alpha value is -1.02. The summed E-state index contributed by atoms with van der Waals surface area (Å²) in [7, 11) is 1.42. The van der Waals surface area contributed by atoms with Gasteiger partial charge < -0.3 is 9.90 Å². The van der Waals surface area contributed by atoms with Crippen molar-refractivity contribution in [3.05, 3.63) is 21.9 Å². The lowest BCUT2D eigenvalue weighted by atomic mass is 10.1. The number of carboxylic acids is 1. The van der Waals surface area contributed by atoms with Gasteiger partial charge in [-0.15, -0.1) is 11.3 Å². The summed E-state index contributed by atoms with van der Waals surface area (Å²) in [6.07, 6.45) is 1.56. The third kappa shape index (κ3) is 2.54. The maximum Gasteiger partial charge on any atom is 0.336 e. The largest absolute Gasteiger partial charge is 0.478 e. The second kappa shape index (κ2) is 5.31. The molecule has 1 aromatic heterocycles. The summed E-state index contributed by atoms with van der Waals surface area (Å²) in [6, 6.07) is 1.48. The first-order valence-electron chi connectivity index (χ1n) is 5.33. The molecule has 3 atom stereocenters. The first-order valence-corrected chi connectivity index (χ1v) is 7.56. The minimum atomic E-state index is -0.925. The molecule has 1 saturated heterocycles. The number of nitrogens with zero attached hydrogens (tertiary/aromatic N) is 1. The number of hydrogen-bond acceptors (Lipinski definition) is 5. The van der Waals surface area contributed by atoms with Crippen LogP contribution in [0.2, 0.25) is 0 Å². The molecule has 0 aromatic carbocycles. The molecule has 0 bridgehead atoms. The van der Waals surface area contributed by atoms with Gasteiger partial charge >= 0.3 is 5.97 Å². The van der Waals surface area contributed by atoms with Gasteiger partial charge in [0, 0.05) is 10.3 Å². The number of carbonyl (C=O) groups is 2. The lowest BCUT2D eigenvalue weighted by molar-refractivity contribution is -0.111. The average Bonchev–Trinajstić information content (AvgIpc) is 2.82. The molecule has 98 valence electrons. The Morgan fingerprint density at radius 3 is 3.06 bits per heavy atom. The van der Waals surface area contributed by atoms with Crippen molar-refractivity contribution >= 4 is 40.3 Å². The highest BCUT2D eigenvalue weighted by Crippen LogP contribution is 2.35. The Balaban J connectivity index is 2.20. The highest BCUT2D eigenvalue weighted by Gasteiger charge is 2.29. The predicted molar refractivity (Wildman–Crippen MR) is 74.1 cm³/mol. The van der Waals surface area contributed by atoms with Gasteiger partial charge in [0.05, 0.1) is 17.6 Å². The molecular formula is C11H14N2O3S2. The maximum atomic E-state index is 11.0. The summed E-state index contributed by atoms with van der Waals surface area (Å²) in [5.41, 5.74) is 0.294. The van der Waals surface area contributed by atoms with Gasteiger partial charge in [-0.25, -0.2) is 13.8 Å². The van der Waals surface area contributed by atoms with Gasteiger partial charge in [0.2, 0.25) is 0 Å². The fourth-order valence-electron chi connectivity index (χ4n) is 1.81. The zero-order chi connectivity index (χ0) is 13.3. The Morgan fingerprint density at radius 2 is 2.50 bits per heavy atom. The van der Waals surface area contributed by atoms with E-state index in [1.165, 1.54) is 11.3 Å². The SMILES string of the molecule is C=S1NC(c2cc(C(=O)O)cs2)CC(C=O)N1C. The number of aldehydes is 1. The summed E-state index contributed by atoms with van der Waals surface area (Å²) >= 11 is 1.40. The molecule has 2 rings (SSSR count). The van der Waals surface area contributed by atoms with Crippen LogP contribution in [-0.2, 0) is 4.79 Å². The van der Waals surface area contributed by atoms with E-state index < -0.39 is 16.8 Å². The van der Waals surface area contributed by atoms with Crippen LogP contribution >= 0.6 is 22.2 Å². The van der Waals surface area contributed by atoms with E-state index in [1.54, 1.807) is 11.4 Å². The van der Waals surface area contributed by atoms with E-state index in [0.717, 1.165) is 11.2 Å². The summed E-state index contributed by atoms with van der Waals surface area (Å²) in [4.78, 5) is 22.8. The molecular weight excluding hydrogens is 272 g/mol. The minimum Gasteiger partial charge on any atom is -0.478 e. The van der Waals surface area contributed by atoms with Crippen molar-refractivity contribution in [3.8, 4) is 0 Å². The van der Waals surface area contributed by atoms with Crippen LogP contribution in [0.1, 0.15) is 27.7 Å². The average molecular weight is 286 g/mol. The van der Waals surface area contributed by atoms with Crippen molar-refractivity contribution in [1.29, 1.82) is 0 Å². The number of carboxylic acid groups (broad SMARTS) is 1. The highest BCUT2D eigenvalue weighted by molar-refractivity contribution is 8.10. The van der Waals surface area contributed by atoms with Crippen molar-refractivity contribution < 1.29 is 14.7 Å². The normalized spacial score (nSPS) is 29.1. The Labute approximate surface area is 112 Å². The molecule has 7 heteroatoms. The van der Waals surface area contributed by atoms with Crippen LogP contribution < -0.4 is 4.72 Å². The number of likely N-dealkylation sites (N-methyl/N-ethyl adjacent to an activating group) is 1. The fourth-order valence-corrected chi connectivity index (χ4v) is 4.01. The van der Waals surface area contributed by atoms with Gasteiger partial charge in [0.1, 0.15) is 6.29 Å². The second-order valence-electron chi connectivity index (χ2n) is 4.06. The van der Waals surface area contributed by atoms with Crippen LogP contribution in [0.25, 0.3) is 0 Å². The number of hydrogen-bond donors (Lipinski definition) is 2. The fraction of sp³-hybridized carbons (Fsp3) is 0.364. The molecule has 1 aliphatic heterocycles. The summed E-state index contributed by atoms with van der Waals surface area (Å²) < 4.78 is 5.20. The summed E-state index contributed by atoms with van der Waals surface area (Å²) in [6.45, 7) is 0. The van der Waals surface area contributed by atoms with Crippen LogP contribution in [0.3, 0.4) is 0 Å². The molecule has 18 heavy (non-hydrogen) atoms. The smallest absolute Gasteiger partial charge is 0.336 e. The maximum absolute atomic E-state index is 11.0. The topological polar surface area (TPSA) is 69.6 Å². The summed E-state index contributed by atoms with van der Waals surface area (Å²) in [5, 5.41) is 10.5. The zero-order valence-electron chi connectivity index (χ0n) is 9.83. The summed E-state index contributed by atoms with van der Waals surface area (Å²) in [5.74, 6) is 3.04. The van der Waals surface area contributed by atoms with E-state index in [0.29, 0.717) is 12.0 Å². The van der Waals surface area contributed by atoms with E-state index >= 15 is 0 Å². The standard InChI is InChI=1S/C11H14N2O3S2/c1-13-8(5-14)4-9(12-18(13)2)10-3-7(6-17-10)11(15)16/h3,5-6,8-9,12H,2,4H2,1H3,(H,15,16). The molecule has 0 saturated carbocycles. The number of rotatable bonds is 3. The van der Waals surface area contributed by atoms with Crippen molar-refractivity contribution in [2.45, 2.75) is 18.5 Å². The molecule has 1 aromatic rings. The monoisotopic (exact) mass is 286 g/mol. The Morgan fingerprint density at radius 1 is 1.78 bits per heavy atom. The van der Waals surface area contributed by atoms with E-state index in [4.69, 9.17) is 5.11 Å². The van der Waals surface area contributed by atoms with Crippen LogP contribution in [-0.4, -0.2) is 40.6 Å². The molecule has 0 spiro atoms. The number of thiophene rings is 1. The quantitative estimate of drug-likeness (QED) is 0.651. The van der Waals surface area contributed by atoms with Crippen molar-refractivity contribution in [1.82, 2.24) is 9.03 Å². The van der Waals surface area contributed by atoms with Crippen molar-refractivity contribution in [3.63, 3.8) is 0 Å². The molecule has 2 heterocycles. The molecule has 0 amide bonds. The predicted octanol–water partition coefficient (Wildman–Crippen LogP) is 1.51. The van der Waals surface area contributed by atoms with E-state index in [9.17, 15) is 9.59 Å². The first-order chi connectivity index (χ1) is 8.52. The number of aromatic carboxylic acids is 1. The highest BCUT2D eigenvalue weighted by atomic mass is 32.2. The second-order valence-corrected chi connectivity index (χ2v) is 6.55. The Kier molecular flexibility index (Phi) is 3.96. The van der Waals surface area contributed by atoms with Crippen LogP contribution in [0.4, 0.5) is 0 Å². The molecule has 5 nitrogen and oxygen atoms in total. The molecule has 3 unspecified atom stereocenters. The van der Waals surface area contributed by atoms with E-state index in [1.807, 2.05) is 11.4 Å². The van der Waals surface area contributed by atoms with Gasteiger partial charge in [-0.3, -0.25) is 0 Å². The molecule has 0 radical (unpaired) electrons. The van der Waals surface area contributed by atoms with E-state index in [2.05, 4.69) is 10.6 Å². The van der Waals surface area contributed by atoms with Gasteiger partial charge in [-0.1, -0.05) is 10.9 Å². The molecule has 0 aliphatic carbocycles. The third-order valence-corrected chi connectivity index (χ3v) is 5.51. The van der Waals surface area contributed by atoms with E-state index in [-0.39, 0.29) is 12.1 Å². The van der Waals surface area contributed by atoms with Gasteiger partial charge in [0.25, 0.3) is 0 Å². The van der Waals surface area contributed by atoms with Gasteiger partial charge in [-0.2, -0.15) is 0 Å². The van der Waals surface area contributed by atoms with Crippen molar-refractivity contribution in [2.75, 3.05) is 7.05 Å². The Bertz CT molecular complexity index is 500. The lowest BCUT2D eigenvalue weighted by Gasteiger charge is -2.36. The van der Waals surface area contributed by atoms with Gasteiger partial charge in [0.15, 0.2) is 0 Å².